The Morgan fingerprint density at radius 1 is 1.23 bits per heavy atom. The standard InChI is InChI=1S/C17H20N4S/c1-9-5-6-13-14(7-9)22-17-15(13)16(18-12(4)19-17)21-11(3)8-10(2)20-21/h8-9H,5-7H2,1-4H3. The van der Waals surface area contributed by atoms with Crippen LogP contribution in [-0.4, -0.2) is 19.7 Å². The van der Waals surface area contributed by atoms with E-state index in [9.17, 15) is 0 Å². The molecule has 0 bridgehead atoms. The third kappa shape index (κ3) is 2.07. The van der Waals surface area contributed by atoms with Gasteiger partial charge in [-0.05, 0) is 57.6 Å². The molecule has 5 heteroatoms. The minimum absolute atomic E-state index is 0.770. The van der Waals surface area contributed by atoms with Crippen LogP contribution >= 0.6 is 11.3 Å². The first-order valence-corrected chi connectivity index (χ1v) is 8.67. The van der Waals surface area contributed by atoms with Crippen molar-refractivity contribution < 1.29 is 0 Å². The summed E-state index contributed by atoms with van der Waals surface area (Å²) in [6.07, 6.45) is 3.56. The topological polar surface area (TPSA) is 43.6 Å². The van der Waals surface area contributed by atoms with Gasteiger partial charge in [0.15, 0.2) is 5.82 Å². The molecule has 1 atom stereocenters. The van der Waals surface area contributed by atoms with Gasteiger partial charge in [-0.25, -0.2) is 14.6 Å². The molecular weight excluding hydrogens is 292 g/mol. The molecular formula is C17H20N4S. The lowest BCUT2D eigenvalue weighted by Crippen LogP contribution is -2.10. The zero-order valence-corrected chi connectivity index (χ0v) is 14.3. The zero-order valence-electron chi connectivity index (χ0n) is 13.5. The lowest BCUT2D eigenvalue weighted by molar-refractivity contribution is 0.509. The molecule has 0 saturated carbocycles. The second-order valence-electron chi connectivity index (χ2n) is 6.47. The fraction of sp³-hybridized carbons (Fsp3) is 0.471. The third-order valence-electron chi connectivity index (χ3n) is 4.46. The van der Waals surface area contributed by atoms with Crippen molar-refractivity contribution in [1.82, 2.24) is 19.7 Å². The molecule has 4 nitrogen and oxygen atoms in total. The average Bonchev–Trinajstić information content (AvgIpc) is 2.96. The summed E-state index contributed by atoms with van der Waals surface area (Å²) in [5, 5.41) is 5.87. The number of hydrogen-bond acceptors (Lipinski definition) is 4. The van der Waals surface area contributed by atoms with Crippen LogP contribution in [0.25, 0.3) is 16.0 Å². The van der Waals surface area contributed by atoms with Crippen LogP contribution in [0.2, 0.25) is 0 Å². The van der Waals surface area contributed by atoms with E-state index < -0.39 is 0 Å². The first-order valence-electron chi connectivity index (χ1n) is 7.85. The van der Waals surface area contributed by atoms with Gasteiger partial charge in [-0.2, -0.15) is 5.10 Å². The summed E-state index contributed by atoms with van der Waals surface area (Å²) in [5.41, 5.74) is 3.61. The molecule has 3 aromatic rings. The normalized spacial score (nSPS) is 17.9. The molecule has 0 saturated heterocycles. The highest BCUT2D eigenvalue weighted by Crippen LogP contribution is 2.39. The van der Waals surface area contributed by atoms with Gasteiger partial charge in [-0.3, -0.25) is 0 Å². The Labute approximate surface area is 134 Å². The molecule has 1 aliphatic rings. The largest absolute Gasteiger partial charge is 0.222 e. The number of aromatic nitrogens is 4. The van der Waals surface area contributed by atoms with E-state index in [2.05, 4.69) is 25.0 Å². The van der Waals surface area contributed by atoms with Crippen molar-refractivity contribution in [3.63, 3.8) is 0 Å². The van der Waals surface area contributed by atoms with Crippen molar-refractivity contribution >= 4 is 21.6 Å². The summed E-state index contributed by atoms with van der Waals surface area (Å²) < 4.78 is 1.98. The van der Waals surface area contributed by atoms with E-state index >= 15 is 0 Å². The van der Waals surface area contributed by atoms with E-state index in [4.69, 9.17) is 9.97 Å². The molecule has 0 radical (unpaired) electrons. The maximum atomic E-state index is 4.74. The second-order valence-corrected chi connectivity index (χ2v) is 7.55. The lowest BCUT2D eigenvalue weighted by Gasteiger charge is -2.18. The van der Waals surface area contributed by atoms with Gasteiger partial charge >= 0.3 is 0 Å². The van der Waals surface area contributed by atoms with Gasteiger partial charge in [0.1, 0.15) is 10.7 Å². The van der Waals surface area contributed by atoms with Crippen LogP contribution in [0.1, 0.15) is 41.0 Å². The molecule has 1 aliphatic carbocycles. The van der Waals surface area contributed by atoms with Gasteiger partial charge in [0.25, 0.3) is 0 Å². The molecule has 4 rings (SSSR count). The second kappa shape index (κ2) is 4.88. The summed E-state index contributed by atoms with van der Waals surface area (Å²) in [4.78, 5) is 12.1. The Morgan fingerprint density at radius 2 is 2.05 bits per heavy atom. The molecule has 3 aromatic heterocycles. The van der Waals surface area contributed by atoms with Gasteiger partial charge in [-0.15, -0.1) is 11.3 Å². The molecule has 0 spiro atoms. The Kier molecular flexibility index (Phi) is 3.08. The van der Waals surface area contributed by atoms with E-state index in [-0.39, 0.29) is 0 Å². The Hall–Kier alpha value is -1.75. The number of fused-ring (bicyclic) bond motifs is 3. The number of aryl methyl sites for hydroxylation is 4. The van der Waals surface area contributed by atoms with E-state index in [0.717, 1.165) is 40.2 Å². The quantitative estimate of drug-likeness (QED) is 0.684. The summed E-state index contributed by atoms with van der Waals surface area (Å²) in [6.45, 7) is 8.42. The van der Waals surface area contributed by atoms with Crippen LogP contribution in [0.15, 0.2) is 6.07 Å². The fourth-order valence-electron chi connectivity index (χ4n) is 3.42. The van der Waals surface area contributed by atoms with Crippen molar-refractivity contribution in [2.45, 2.75) is 47.0 Å². The molecule has 0 aromatic carbocycles. The molecule has 22 heavy (non-hydrogen) atoms. The van der Waals surface area contributed by atoms with Crippen molar-refractivity contribution in [1.29, 1.82) is 0 Å². The molecule has 114 valence electrons. The Bertz CT molecular complexity index is 875. The van der Waals surface area contributed by atoms with Crippen LogP contribution in [0.3, 0.4) is 0 Å². The van der Waals surface area contributed by atoms with Gasteiger partial charge < -0.3 is 0 Å². The fourth-order valence-corrected chi connectivity index (χ4v) is 4.85. The minimum atomic E-state index is 0.770. The van der Waals surface area contributed by atoms with Crippen LogP contribution < -0.4 is 0 Å². The summed E-state index contributed by atoms with van der Waals surface area (Å²) in [7, 11) is 0. The third-order valence-corrected chi connectivity index (χ3v) is 5.61. The average molecular weight is 312 g/mol. The Balaban J connectivity index is 2.04. The van der Waals surface area contributed by atoms with Gasteiger partial charge in [0, 0.05) is 10.6 Å². The van der Waals surface area contributed by atoms with Crippen molar-refractivity contribution in [3.8, 4) is 5.82 Å². The molecule has 0 amide bonds. The predicted octanol–water partition coefficient (Wildman–Crippen LogP) is 3.93. The van der Waals surface area contributed by atoms with E-state index in [1.54, 1.807) is 0 Å². The molecule has 0 N–H and O–H groups in total. The van der Waals surface area contributed by atoms with Gasteiger partial charge in [0.2, 0.25) is 0 Å². The lowest BCUT2D eigenvalue weighted by atomic mass is 9.89. The molecule has 3 heterocycles. The molecule has 1 unspecified atom stereocenters. The van der Waals surface area contributed by atoms with Crippen LogP contribution in [0.5, 0.6) is 0 Å². The van der Waals surface area contributed by atoms with Crippen molar-refractivity contribution in [3.05, 3.63) is 33.7 Å². The number of hydrogen-bond donors (Lipinski definition) is 0. The number of nitrogens with zero attached hydrogens (tertiary/aromatic N) is 4. The van der Waals surface area contributed by atoms with E-state index in [1.807, 2.05) is 29.9 Å². The van der Waals surface area contributed by atoms with Gasteiger partial charge in [0.05, 0.1) is 11.1 Å². The highest BCUT2D eigenvalue weighted by atomic mass is 32.1. The summed E-state index contributed by atoms with van der Waals surface area (Å²) in [5.74, 6) is 2.55. The molecule has 0 aliphatic heterocycles. The summed E-state index contributed by atoms with van der Waals surface area (Å²) >= 11 is 1.85. The highest BCUT2D eigenvalue weighted by Gasteiger charge is 2.24. The van der Waals surface area contributed by atoms with E-state index in [0.29, 0.717) is 0 Å². The SMILES string of the molecule is Cc1cc(C)n(-c2nc(C)nc3sc4c(c23)CCC(C)C4)n1. The monoisotopic (exact) mass is 312 g/mol. The Morgan fingerprint density at radius 3 is 2.77 bits per heavy atom. The van der Waals surface area contributed by atoms with Crippen molar-refractivity contribution in [2.24, 2.45) is 5.92 Å². The zero-order chi connectivity index (χ0) is 15.4. The van der Waals surface area contributed by atoms with E-state index in [1.165, 1.54) is 28.7 Å². The first kappa shape index (κ1) is 13.9. The smallest absolute Gasteiger partial charge is 0.166 e. The maximum Gasteiger partial charge on any atom is 0.166 e. The van der Waals surface area contributed by atoms with Gasteiger partial charge in [-0.1, -0.05) is 6.92 Å². The van der Waals surface area contributed by atoms with Crippen molar-refractivity contribution in [2.75, 3.05) is 0 Å². The minimum Gasteiger partial charge on any atom is -0.222 e. The number of thiophene rings is 1. The van der Waals surface area contributed by atoms with Crippen LogP contribution in [0.4, 0.5) is 0 Å². The molecule has 0 fully saturated rings. The van der Waals surface area contributed by atoms with Crippen LogP contribution in [-0.2, 0) is 12.8 Å². The maximum absolute atomic E-state index is 4.74. The van der Waals surface area contributed by atoms with Crippen LogP contribution in [0, 0.1) is 26.7 Å². The highest BCUT2D eigenvalue weighted by molar-refractivity contribution is 7.18. The number of rotatable bonds is 1. The predicted molar refractivity (Wildman–Crippen MR) is 89.9 cm³/mol. The summed E-state index contributed by atoms with van der Waals surface area (Å²) in [6, 6.07) is 2.10. The first-order chi connectivity index (χ1) is 10.5.